The molecule has 5 nitrogen and oxygen atoms in total. The maximum atomic E-state index is 12.2. The Balaban J connectivity index is 2.11. The molecule has 21 heavy (non-hydrogen) atoms. The first-order valence-electron chi connectivity index (χ1n) is 6.02. The number of nitrogens with one attached hydrogen (secondary N) is 1. The summed E-state index contributed by atoms with van der Waals surface area (Å²) in [6.45, 7) is 0. The van der Waals surface area contributed by atoms with Crippen molar-refractivity contribution in [2.45, 2.75) is 6.42 Å². The number of hydrogen-bond donors (Lipinski definition) is 2. The van der Waals surface area contributed by atoms with Crippen LogP contribution in [-0.4, -0.2) is 19.2 Å². The predicted octanol–water partition coefficient (Wildman–Crippen LogP) is 3.17. The molecule has 1 aromatic heterocycles. The molecule has 1 heterocycles. The Kier molecular flexibility index (Phi) is 5.23. The van der Waals surface area contributed by atoms with Gasteiger partial charge in [-0.25, -0.2) is 8.42 Å². The van der Waals surface area contributed by atoms with Gasteiger partial charge in [0.2, 0.25) is 10.0 Å². The van der Waals surface area contributed by atoms with Crippen LogP contribution in [0.25, 0.3) is 0 Å². The van der Waals surface area contributed by atoms with E-state index in [2.05, 4.69) is 41.6 Å². The van der Waals surface area contributed by atoms with Crippen LogP contribution in [0.4, 0.5) is 11.4 Å². The topological polar surface area (TPSA) is 85.1 Å². The monoisotopic (exact) mass is 433 g/mol. The molecule has 0 aliphatic rings. The van der Waals surface area contributed by atoms with E-state index >= 15 is 0 Å². The minimum Gasteiger partial charge on any atom is -0.399 e. The van der Waals surface area contributed by atoms with Gasteiger partial charge in [0.15, 0.2) is 0 Å². The summed E-state index contributed by atoms with van der Waals surface area (Å²) < 4.78 is 28.0. The van der Waals surface area contributed by atoms with E-state index in [1.807, 2.05) is 6.07 Å². The van der Waals surface area contributed by atoms with Crippen molar-refractivity contribution in [1.29, 1.82) is 0 Å². The van der Waals surface area contributed by atoms with E-state index < -0.39 is 10.0 Å². The highest BCUT2D eigenvalue weighted by molar-refractivity contribution is 9.11. The average molecular weight is 435 g/mol. The van der Waals surface area contributed by atoms with E-state index in [1.54, 1.807) is 30.5 Å². The molecule has 0 radical (unpaired) electrons. The summed E-state index contributed by atoms with van der Waals surface area (Å²) in [5, 5.41) is 0. The fourth-order valence-corrected chi connectivity index (χ4v) is 4.48. The number of benzene rings is 1. The highest BCUT2D eigenvalue weighted by Gasteiger charge is 2.15. The Labute approximate surface area is 140 Å². The Morgan fingerprint density at radius 2 is 1.86 bits per heavy atom. The van der Waals surface area contributed by atoms with Crippen molar-refractivity contribution >= 4 is 53.3 Å². The van der Waals surface area contributed by atoms with E-state index in [0.717, 1.165) is 5.69 Å². The number of rotatable bonds is 5. The van der Waals surface area contributed by atoms with E-state index in [1.165, 1.54) is 0 Å². The molecule has 1 aromatic carbocycles. The number of hydrogen-bond acceptors (Lipinski definition) is 4. The average Bonchev–Trinajstić information content (AvgIpc) is 2.42. The molecule has 0 unspecified atom stereocenters. The third-order valence-electron chi connectivity index (χ3n) is 2.68. The Hall–Kier alpha value is -1.12. The predicted molar refractivity (Wildman–Crippen MR) is 91.6 cm³/mol. The highest BCUT2D eigenvalue weighted by atomic mass is 79.9. The maximum Gasteiger partial charge on any atom is 0.233 e. The number of nitrogens with two attached hydrogens (primary N) is 1. The Morgan fingerprint density at radius 1 is 1.19 bits per heavy atom. The summed E-state index contributed by atoms with van der Waals surface area (Å²) in [6.07, 6.45) is 1.99. The zero-order chi connectivity index (χ0) is 15.5. The van der Waals surface area contributed by atoms with Crippen molar-refractivity contribution in [1.82, 2.24) is 4.98 Å². The molecule has 112 valence electrons. The largest absolute Gasteiger partial charge is 0.399 e. The van der Waals surface area contributed by atoms with Crippen LogP contribution in [0.1, 0.15) is 5.69 Å². The van der Waals surface area contributed by atoms with E-state index in [4.69, 9.17) is 5.73 Å². The number of halogens is 2. The smallest absolute Gasteiger partial charge is 0.233 e. The normalized spacial score (nSPS) is 11.3. The molecule has 0 aliphatic carbocycles. The van der Waals surface area contributed by atoms with Crippen molar-refractivity contribution in [3.8, 4) is 0 Å². The van der Waals surface area contributed by atoms with Gasteiger partial charge in [0.1, 0.15) is 0 Å². The zero-order valence-electron chi connectivity index (χ0n) is 10.9. The molecule has 3 N–H and O–H groups in total. The first-order valence-corrected chi connectivity index (χ1v) is 9.26. The summed E-state index contributed by atoms with van der Waals surface area (Å²) in [4.78, 5) is 4.11. The second-order valence-electron chi connectivity index (χ2n) is 4.35. The minimum atomic E-state index is -3.48. The Bertz CT molecular complexity index is 713. The van der Waals surface area contributed by atoms with E-state index in [-0.39, 0.29) is 5.75 Å². The fraction of sp³-hybridized carbons (Fsp3) is 0.154. The van der Waals surface area contributed by atoms with Gasteiger partial charge < -0.3 is 5.73 Å². The van der Waals surface area contributed by atoms with Gasteiger partial charge in [-0.05, 0) is 56.1 Å². The molecular weight excluding hydrogens is 422 g/mol. The van der Waals surface area contributed by atoms with Gasteiger partial charge >= 0.3 is 0 Å². The molecular formula is C13H13Br2N3O2S. The van der Waals surface area contributed by atoms with Crippen LogP contribution >= 0.6 is 31.9 Å². The quantitative estimate of drug-likeness (QED) is 0.707. The van der Waals surface area contributed by atoms with Crippen LogP contribution in [0.5, 0.6) is 0 Å². The first-order chi connectivity index (χ1) is 9.87. The van der Waals surface area contributed by atoms with Crippen molar-refractivity contribution in [2.24, 2.45) is 0 Å². The van der Waals surface area contributed by atoms with Gasteiger partial charge in [0, 0.05) is 32.9 Å². The number of aromatic nitrogens is 1. The summed E-state index contributed by atoms with van der Waals surface area (Å²) in [7, 11) is -3.48. The molecule has 0 atom stereocenters. The zero-order valence-corrected chi connectivity index (χ0v) is 14.9. The standard InChI is InChI=1S/C13H13Br2N3O2S/c14-11-7-9(16)8-12(15)13(11)18-21(19,20)6-4-10-3-1-2-5-17-10/h1-3,5,7-8,18H,4,6,16H2. The van der Waals surface area contributed by atoms with Crippen molar-refractivity contribution in [3.05, 3.63) is 51.2 Å². The molecule has 2 aromatic rings. The van der Waals surface area contributed by atoms with Crippen molar-refractivity contribution in [3.63, 3.8) is 0 Å². The number of pyridine rings is 1. The third-order valence-corrected chi connectivity index (χ3v) is 5.18. The molecule has 0 spiro atoms. The second-order valence-corrected chi connectivity index (χ2v) is 7.90. The minimum absolute atomic E-state index is 0.0483. The lowest BCUT2D eigenvalue weighted by Crippen LogP contribution is -2.19. The van der Waals surface area contributed by atoms with Gasteiger partial charge in [0.25, 0.3) is 0 Å². The number of nitrogens with zero attached hydrogens (tertiary/aromatic N) is 1. The lowest BCUT2D eigenvalue weighted by Gasteiger charge is -2.12. The molecule has 8 heteroatoms. The van der Waals surface area contributed by atoms with E-state index in [9.17, 15) is 8.42 Å². The summed E-state index contributed by atoms with van der Waals surface area (Å²) >= 11 is 6.59. The van der Waals surface area contributed by atoms with Crippen LogP contribution in [0.15, 0.2) is 45.5 Å². The fourth-order valence-electron chi connectivity index (χ4n) is 1.68. The van der Waals surface area contributed by atoms with Gasteiger partial charge in [-0.3, -0.25) is 9.71 Å². The number of nitrogen functional groups attached to an aromatic ring is 1. The van der Waals surface area contributed by atoms with Crippen LogP contribution in [0.3, 0.4) is 0 Å². The third kappa shape index (κ3) is 4.69. The molecule has 0 bridgehead atoms. The molecule has 0 saturated heterocycles. The molecule has 2 rings (SSSR count). The molecule has 0 amide bonds. The number of aryl methyl sites for hydroxylation is 1. The summed E-state index contributed by atoms with van der Waals surface area (Å²) in [5.41, 5.74) is 7.38. The molecule has 0 aliphatic heterocycles. The van der Waals surface area contributed by atoms with Gasteiger partial charge in [0.05, 0.1) is 11.4 Å². The molecule has 0 fully saturated rings. The summed E-state index contributed by atoms with van der Waals surface area (Å²) in [6, 6.07) is 8.70. The SMILES string of the molecule is Nc1cc(Br)c(NS(=O)(=O)CCc2ccccn2)c(Br)c1. The number of anilines is 2. The summed E-state index contributed by atoms with van der Waals surface area (Å²) in [5.74, 6) is -0.0483. The van der Waals surface area contributed by atoms with Gasteiger partial charge in [-0.15, -0.1) is 0 Å². The number of sulfonamides is 1. The van der Waals surface area contributed by atoms with Gasteiger partial charge in [-0.1, -0.05) is 6.07 Å². The lowest BCUT2D eigenvalue weighted by molar-refractivity contribution is 0.600. The van der Waals surface area contributed by atoms with Crippen LogP contribution in [0, 0.1) is 0 Å². The highest BCUT2D eigenvalue weighted by Crippen LogP contribution is 2.34. The van der Waals surface area contributed by atoms with E-state index in [0.29, 0.717) is 26.7 Å². The van der Waals surface area contributed by atoms with Crippen molar-refractivity contribution < 1.29 is 8.42 Å². The first kappa shape index (κ1) is 16.3. The molecule has 0 saturated carbocycles. The Morgan fingerprint density at radius 3 is 2.43 bits per heavy atom. The van der Waals surface area contributed by atoms with Gasteiger partial charge in [-0.2, -0.15) is 0 Å². The lowest BCUT2D eigenvalue weighted by atomic mass is 10.3. The van der Waals surface area contributed by atoms with Crippen LogP contribution < -0.4 is 10.5 Å². The van der Waals surface area contributed by atoms with Crippen LogP contribution in [-0.2, 0) is 16.4 Å². The van der Waals surface area contributed by atoms with Crippen molar-refractivity contribution in [2.75, 3.05) is 16.2 Å². The maximum absolute atomic E-state index is 12.2. The second kappa shape index (κ2) is 6.76. The van der Waals surface area contributed by atoms with Crippen LogP contribution in [0.2, 0.25) is 0 Å².